The molecule has 1 N–H and O–H groups in total. The van der Waals surface area contributed by atoms with Gasteiger partial charge in [-0.1, -0.05) is 30.3 Å². The van der Waals surface area contributed by atoms with Crippen LogP contribution in [0.15, 0.2) is 84.0 Å². The van der Waals surface area contributed by atoms with Crippen molar-refractivity contribution >= 4 is 39.2 Å². The average Bonchev–Trinajstić information content (AvgIpc) is 3.23. The lowest BCUT2D eigenvalue weighted by atomic mass is 10.2. The highest BCUT2D eigenvalue weighted by molar-refractivity contribution is 7.20. The third kappa shape index (κ3) is 5.12. The standard InChI is InChI=1S/C23H17N3O4S/c27-23(22-13-18-12-19(26(28)29)8-11-21(18)31-22)25-24-14-16-6-9-20(10-7-16)30-15-17-4-2-1-3-5-17/h1-14H,15H2,(H,25,27)/b24-14-. The summed E-state index contributed by atoms with van der Waals surface area (Å²) in [7, 11) is 0. The number of ether oxygens (including phenoxy) is 1. The molecule has 8 heteroatoms. The molecule has 3 aromatic carbocycles. The van der Waals surface area contributed by atoms with Crippen LogP contribution in [-0.2, 0) is 6.61 Å². The minimum atomic E-state index is -0.459. The third-order valence-electron chi connectivity index (χ3n) is 4.44. The Kier molecular flexibility index (Phi) is 6.00. The van der Waals surface area contributed by atoms with Gasteiger partial charge >= 0.3 is 0 Å². The molecule has 7 nitrogen and oxygen atoms in total. The smallest absolute Gasteiger partial charge is 0.281 e. The molecule has 4 rings (SSSR count). The Hall–Kier alpha value is -4.04. The number of carbonyl (C=O) groups is 1. The van der Waals surface area contributed by atoms with Gasteiger partial charge in [0.1, 0.15) is 12.4 Å². The van der Waals surface area contributed by atoms with Crippen molar-refractivity contribution in [2.24, 2.45) is 5.10 Å². The van der Waals surface area contributed by atoms with E-state index in [0.29, 0.717) is 16.9 Å². The summed E-state index contributed by atoms with van der Waals surface area (Å²) in [5.41, 5.74) is 4.37. The molecule has 0 bridgehead atoms. The maximum atomic E-state index is 12.3. The zero-order valence-corrected chi connectivity index (χ0v) is 17.0. The van der Waals surface area contributed by atoms with Crippen LogP contribution in [0.2, 0.25) is 0 Å². The maximum absolute atomic E-state index is 12.3. The maximum Gasteiger partial charge on any atom is 0.281 e. The fourth-order valence-electron chi connectivity index (χ4n) is 2.87. The van der Waals surface area contributed by atoms with Gasteiger partial charge in [-0.05, 0) is 47.5 Å². The summed E-state index contributed by atoms with van der Waals surface area (Å²) in [5.74, 6) is 0.368. The van der Waals surface area contributed by atoms with Crippen LogP contribution < -0.4 is 10.2 Å². The van der Waals surface area contributed by atoms with Crippen molar-refractivity contribution in [1.29, 1.82) is 0 Å². The molecule has 0 unspecified atom stereocenters. The van der Waals surface area contributed by atoms with Crippen molar-refractivity contribution < 1.29 is 14.5 Å². The average molecular weight is 431 g/mol. The first-order valence-corrected chi connectivity index (χ1v) is 10.2. The molecule has 0 saturated heterocycles. The lowest BCUT2D eigenvalue weighted by Gasteiger charge is -2.06. The van der Waals surface area contributed by atoms with Crippen LogP contribution in [0.3, 0.4) is 0 Å². The molecule has 0 radical (unpaired) electrons. The number of fused-ring (bicyclic) bond motifs is 1. The fraction of sp³-hybridized carbons (Fsp3) is 0.0435. The van der Waals surface area contributed by atoms with E-state index in [-0.39, 0.29) is 11.6 Å². The summed E-state index contributed by atoms with van der Waals surface area (Å²) in [5, 5.41) is 15.5. The summed E-state index contributed by atoms with van der Waals surface area (Å²) in [6.45, 7) is 0.489. The number of nitrogens with zero attached hydrogens (tertiary/aromatic N) is 2. The van der Waals surface area contributed by atoms with Crippen LogP contribution in [0, 0.1) is 10.1 Å². The molecule has 1 amide bonds. The van der Waals surface area contributed by atoms with E-state index in [0.717, 1.165) is 21.6 Å². The van der Waals surface area contributed by atoms with Crippen molar-refractivity contribution in [2.75, 3.05) is 0 Å². The zero-order chi connectivity index (χ0) is 21.6. The summed E-state index contributed by atoms with van der Waals surface area (Å²) < 4.78 is 6.54. The quantitative estimate of drug-likeness (QED) is 0.249. The number of nitrogens with one attached hydrogen (secondary N) is 1. The van der Waals surface area contributed by atoms with Gasteiger partial charge in [0.15, 0.2) is 0 Å². The number of non-ortho nitro benzene ring substituents is 1. The third-order valence-corrected chi connectivity index (χ3v) is 5.56. The van der Waals surface area contributed by atoms with Crippen LogP contribution in [0.25, 0.3) is 10.1 Å². The predicted molar refractivity (Wildman–Crippen MR) is 121 cm³/mol. The normalized spacial score (nSPS) is 11.0. The van der Waals surface area contributed by atoms with Crippen LogP contribution in [-0.4, -0.2) is 17.0 Å². The number of rotatable bonds is 7. The van der Waals surface area contributed by atoms with Crippen molar-refractivity contribution in [3.8, 4) is 5.75 Å². The van der Waals surface area contributed by atoms with Gasteiger partial charge in [-0.2, -0.15) is 5.10 Å². The van der Waals surface area contributed by atoms with Crippen molar-refractivity contribution in [2.45, 2.75) is 6.61 Å². The lowest BCUT2D eigenvalue weighted by molar-refractivity contribution is -0.384. The zero-order valence-electron chi connectivity index (χ0n) is 16.2. The highest BCUT2D eigenvalue weighted by atomic mass is 32.1. The number of nitro groups is 1. The topological polar surface area (TPSA) is 93.8 Å². The number of thiophene rings is 1. The molecule has 0 aliphatic carbocycles. The number of hydrogen-bond donors (Lipinski definition) is 1. The molecule has 0 aliphatic heterocycles. The second kappa shape index (κ2) is 9.19. The Morgan fingerprint density at radius 1 is 1.06 bits per heavy atom. The molecule has 0 spiro atoms. The first-order chi connectivity index (χ1) is 15.1. The van der Waals surface area contributed by atoms with E-state index in [1.807, 2.05) is 54.6 Å². The SMILES string of the molecule is O=C(N/N=C\c1ccc(OCc2ccccc2)cc1)c1cc2cc([N+](=O)[O-])ccc2s1. The summed E-state index contributed by atoms with van der Waals surface area (Å²) in [4.78, 5) is 23.2. The van der Waals surface area contributed by atoms with Gasteiger partial charge in [-0.3, -0.25) is 14.9 Å². The number of benzene rings is 3. The van der Waals surface area contributed by atoms with E-state index in [1.165, 1.54) is 29.7 Å². The van der Waals surface area contributed by atoms with E-state index in [1.54, 1.807) is 12.1 Å². The molecule has 0 fully saturated rings. The molecular formula is C23H17N3O4S. The largest absolute Gasteiger partial charge is 0.489 e. The fourth-order valence-corrected chi connectivity index (χ4v) is 3.80. The summed E-state index contributed by atoms with van der Waals surface area (Å²) in [6, 6.07) is 23.4. The van der Waals surface area contributed by atoms with E-state index >= 15 is 0 Å². The van der Waals surface area contributed by atoms with Gasteiger partial charge in [0.2, 0.25) is 0 Å². The molecule has 4 aromatic rings. The molecule has 0 atom stereocenters. The summed E-state index contributed by atoms with van der Waals surface area (Å²) in [6.07, 6.45) is 1.54. The van der Waals surface area contributed by atoms with Gasteiger partial charge in [0.05, 0.1) is 16.0 Å². The molecule has 0 aliphatic rings. The second-order valence-electron chi connectivity index (χ2n) is 6.63. The number of hydrogen-bond acceptors (Lipinski definition) is 6. The number of nitro benzene ring substituents is 1. The monoisotopic (exact) mass is 431 g/mol. The van der Waals surface area contributed by atoms with Gasteiger partial charge in [0, 0.05) is 22.2 Å². The van der Waals surface area contributed by atoms with Crippen LogP contribution >= 0.6 is 11.3 Å². The molecular weight excluding hydrogens is 414 g/mol. The first kappa shape index (κ1) is 20.2. The van der Waals surface area contributed by atoms with E-state index in [2.05, 4.69) is 10.5 Å². The predicted octanol–water partition coefficient (Wildman–Crippen LogP) is 5.15. The second-order valence-corrected chi connectivity index (χ2v) is 7.72. The summed E-state index contributed by atoms with van der Waals surface area (Å²) >= 11 is 1.25. The van der Waals surface area contributed by atoms with Crippen LogP contribution in [0.5, 0.6) is 5.75 Å². The molecule has 1 heterocycles. The highest BCUT2D eigenvalue weighted by Crippen LogP contribution is 2.28. The lowest BCUT2D eigenvalue weighted by Crippen LogP contribution is -2.16. The molecule has 31 heavy (non-hydrogen) atoms. The Balaban J connectivity index is 1.34. The van der Waals surface area contributed by atoms with Gasteiger partial charge in [-0.25, -0.2) is 5.43 Å². The van der Waals surface area contributed by atoms with Crippen molar-refractivity contribution in [3.05, 3.63) is 105 Å². The Bertz CT molecular complexity index is 1250. The minimum Gasteiger partial charge on any atom is -0.489 e. The number of amides is 1. The molecule has 0 saturated carbocycles. The Morgan fingerprint density at radius 3 is 2.58 bits per heavy atom. The van der Waals surface area contributed by atoms with Crippen LogP contribution in [0.1, 0.15) is 20.8 Å². The van der Waals surface area contributed by atoms with E-state index in [4.69, 9.17) is 4.74 Å². The highest BCUT2D eigenvalue weighted by Gasteiger charge is 2.12. The van der Waals surface area contributed by atoms with E-state index < -0.39 is 4.92 Å². The number of hydrazone groups is 1. The van der Waals surface area contributed by atoms with Gasteiger partial charge in [-0.15, -0.1) is 11.3 Å². The van der Waals surface area contributed by atoms with Crippen molar-refractivity contribution in [1.82, 2.24) is 5.43 Å². The molecule has 1 aromatic heterocycles. The van der Waals surface area contributed by atoms with Crippen molar-refractivity contribution in [3.63, 3.8) is 0 Å². The van der Waals surface area contributed by atoms with Crippen LogP contribution in [0.4, 0.5) is 5.69 Å². The Labute approximate surface area is 181 Å². The van der Waals surface area contributed by atoms with E-state index in [9.17, 15) is 14.9 Å². The Morgan fingerprint density at radius 2 is 1.84 bits per heavy atom. The first-order valence-electron chi connectivity index (χ1n) is 9.37. The minimum absolute atomic E-state index is 0.00789. The molecule has 154 valence electrons. The van der Waals surface area contributed by atoms with Gasteiger partial charge in [0.25, 0.3) is 11.6 Å². The number of carbonyl (C=O) groups excluding carboxylic acids is 1. The van der Waals surface area contributed by atoms with Gasteiger partial charge < -0.3 is 4.74 Å².